The quantitative estimate of drug-likeness (QED) is 0.260. The summed E-state index contributed by atoms with van der Waals surface area (Å²) in [7, 11) is 0. The lowest BCUT2D eigenvalue weighted by atomic mass is 9.98. The first-order valence-corrected chi connectivity index (χ1v) is 13.4. The van der Waals surface area contributed by atoms with Crippen molar-refractivity contribution in [3.63, 3.8) is 0 Å². The Morgan fingerprint density at radius 3 is 2.71 bits per heavy atom. The summed E-state index contributed by atoms with van der Waals surface area (Å²) >= 11 is 1.05. The van der Waals surface area contributed by atoms with Gasteiger partial charge < -0.3 is 13.9 Å². The number of rotatable bonds is 8. The summed E-state index contributed by atoms with van der Waals surface area (Å²) in [5.41, 5.74) is 1.40. The van der Waals surface area contributed by atoms with Gasteiger partial charge in [-0.2, -0.15) is 0 Å². The third-order valence-corrected chi connectivity index (χ3v) is 7.50. The fourth-order valence-corrected chi connectivity index (χ4v) is 5.48. The number of aromatic nitrogens is 1. The number of benzene rings is 2. The van der Waals surface area contributed by atoms with E-state index in [1.807, 2.05) is 24.3 Å². The van der Waals surface area contributed by atoms with E-state index in [1.165, 1.54) is 4.90 Å². The molecule has 1 atom stereocenters. The second-order valence-electron chi connectivity index (χ2n) is 9.48. The number of aryl methyl sites for hydroxylation is 1. The maximum atomic E-state index is 13.8. The minimum atomic E-state index is -0.812. The fraction of sp³-hybridized carbons (Fsp3) is 0.310. The molecule has 0 saturated heterocycles. The Morgan fingerprint density at radius 2 is 1.95 bits per heavy atom. The predicted octanol–water partition coefficient (Wildman–Crippen LogP) is 5.91. The van der Waals surface area contributed by atoms with Gasteiger partial charge in [-0.25, -0.2) is 9.78 Å². The maximum Gasteiger partial charge on any atom is 0.350 e. The number of thiazole rings is 1. The van der Waals surface area contributed by atoms with Gasteiger partial charge in [-0.1, -0.05) is 49.4 Å². The normalized spacial score (nSPS) is 14.8. The van der Waals surface area contributed by atoms with Gasteiger partial charge in [-0.3, -0.25) is 14.5 Å². The monoisotopic (exact) mass is 532 g/mol. The number of para-hydroxylation sites is 1. The molecule has 8 nitrogen and oxygen atoms in total. The van der Waals surface area contributed by atoms with Gasteiger partial charge in [0.2, 0.25) is 5.76 Å². The van der Waals surface area contributed by atoms with E-state index in [4.69, 9.17) is 13.9 Å². The van der Waals surface area contributed by atoms with Crippen LogP contribution in [0.1, 0.15) is 70.3 Å². The zero-order valence-corrected chi connectivity index (χ0v) is 22.5. The summed E-state index contributed by atoms with van der Waals surface area (Å²) in [5, 5.41) is 0.666. The molecule has 0 bridgehead atoms. The highest BCUT2D eigenvalue weighted by Gasteiger charge is 2.45. The molecule has 5 rings (SSSR count). The second-order valence-corrected chi connectivity index (χ2v) is 10.5. The highest BCUT2D eigenvalue weighted by molar-refractivity contribution is 7.17. The Hall–Kier alpha value is -3.98. The molecule has 0 aliphatic carbocycles. The molecule has 0 radical (unpaired) electrons. The number of hydrogen-bond acceptors (Lipinski definition) is 8. The summed E-state index contributed by atoms with van der Waals surface area (Å²) in [6.45, 7) is 8.44. The molecule has 0 fully saturated rings. The van der Waals surface area contributed by atoms with Crippen molar-refractivity contribution in [3.05, 3.63) is 86.2 Å². The highest BCUT2D eigenvalue weighted by atomic mass is 32.1. The minimum absolute atomic E-state index is 0.0321. The molecule has 4 aromatic rings. The molecular weight excluding hydrogens is 504 g/mol. The lowest BCUT2D eigenvalue weighted by Gasteiger charge is -2.23. The van der Waals surface area contributed by atoms with Crippen LogP contribution in [0.3, 0.4) is 0 Å². The molecule has 9 heteroatoms. The Morgan fingerprint density at radius 1 is 1.16 bits per heavy atom. The van der Waals surface area contributed by atoms with Crippen LogP contribution in [0.2, 0.25) is 0 Å². The molecule has 2 aromatic heterocycles. The minimum Gasteiger partial charge on any atom is -0.494 e. The SMILES string of the molecule is CCOC(=O)c1sc(N2C(=O)c3oc4ccccc4c(=O)c3[C@H]2c2cccc(OCCC(C)C)c2)nc1C. The molecule has 1 aliphatic rings. The largest absolute Gasteiger partial charge is 0.494 e. The first-order valence-electron chi connectivity index (χ1n) is 12.6. The summed E-state index contributed by atoms with van der Waals surface area (Å²) in [5.74, 6) is 0.0952. The van der Waals surface area contributed by atoms with Crippen molar-refractivity contribution in [2.45, 2.75) is 40.2 Å². The third kappa shape index (κ3) is 4.58. The first kappa shape index (κ1) is 25.7. The van der Waals surface area contributed by atoms with Crippen molar-refractivity contribution in [3.8, 4) is 5.75 Å². The van der Waals surface area contributed by atoms with Crippen molar-refractivity contribution in [1.82, 2.24) is 4.98 Å². The lowest BCUT2D eigenvalue weighted by Crippen LogP contribution is -2.29. The van der Waals surface area contributed by atoms with Crippen LogP contribution in [0.5, 0.6) is 5.75 Å². The van der Waals surface area contributed by atoms with Gasteiger partial charge in [0.05, 0.1) is 35.9 Å². The van der Waals surface area contributed by atoms with E-state index in [1.54, 1.807) is 38.1 Å². The van der Waals surface area contributed by atoms with E-state index in [2.05, 4.69) is 18.8 Å². The predicted molar refractivity (Wildman–Crippen MR) is 145 cm³/mol. The number of anilines is 1. The van der Waals surface area contributed by atoms with E-state index in [9.17, 15) is 14.4 Å². The molecule has 1 aliphatic heterocycles. The van der Waals surface area contributed by atoms with Crippen molar-refractivity contribution in [1.29, 1.82) is 0 Å². The number of nitrogens with zero attached hydrogens (tertiary/aromatic N) is 2. The summed E-state index contributed by atoms with van der Waals surface area (Å²) in [4.78, 5) is 46.4. The number of fused-ring (bicyclic) bond motifs is 2. The van der Waals surface area contributed by atoms with Gasteiger partial charge in [0.15, 0.2) is 10.6 Å². The lowest BCUT2D eigenvalue weighted by molar-refractivity contribution is 0.0531. The summed E-state index contributed by atoms with van der Waals surface area (Å²) < 4.78 is 17.2. The van der Waals surface area contributed by atoms with Crippen molar-refractivity contribution in [2.75, 3.05) is 18.1 Å². The number of carbonyl (C=O) groups excluding carboxylic acids is 2. The fourth-order valence-electron chi connectivity index (χ4n) is 4.49. The third-order valence-electron chi connectivity index (χ3n) is 6.37. The first-order chi connectivity index (χ1) is 18.3. The topological polar surface area (TPSA) is 98.9 Å². The number of hydrogen-bond donors (Lipinski definition) is 0. The molecule has 0 N–H and O–H groups in total. The molecular formula is C29H28N2O6S. The van der Waals surface area contributed by atoms with Gasteiger partial charge in [0.25, 0.3) is 5.91 Å². The molecule has 0 saturated carbocycles. The van der Waals surface area contributed by atoms with Gasteiger partial charge in [0.1, 0.15) is 16.2 Å². The van der Waals surface area contributed by atoms with Crippen LogP contribution in [0.25, 0.3) is 11.0 Å². The number of amides is 1. The highest BCUT2D eigenvalue weighted by Crippen LogP contribution is 2.43. The van der Waals surface area contributed by atoms with E-state index >= 15 is 0 Å². The van der Waals surface area contributed by atoms with Crippen LogP contribution in [0.15, 0.2) is 57.7 Å². The van der Waals surface area contributed by atoms with Crippen LogP contribution in [-0.4, -0.2) is 30.1 Å². The van der Waals surface area contributed by atoms with Crippen molar-refractivity contribution < 1.29 is 23.5 Å². The smallest absolute Gasteiger partial charge is 0.350 e. The molecule has 3 heterocycles. The summed E-state index contributed by atoms with van der Waals surface area (Å²) in [6.07, 6.45) is 0.895. The molecule has 2 aromatic carbocycles. The van der Waals surface area contributed by atoms with E-state index in [-0.39, 0.29) is 28.5 Å². The van der Waals surface area contributed by atoms with E-state index in [0.717, 1.165) is 17.8 Å². The van der Waals surface area contributed by atoms with Gasteiger partial charge in [-0.15, -0.1) is 0 Å². The van der Waals surface area contributed by atoms with Crippen LogP contribution in [0, 0.1) is 12.8 Å². The van der Waals surface area contributed by atoms with Crippen molar-refractivity contribution >= 4 is 39.3 Å². The second kappa shape index (κ2) is 10.4. The maximum absolute atomic E-state index is 13.8. The standard InChI is InChI=1S/C29H28N2O6S/c1-5-35-28(34)26-17(4)30-29(38-26)31-23(18-9-8-10-19(15-18)36-14-13-16(2)3)22-24(32)20-11-6-7-12-21(20)37-25(22)27(31)33/h6-12,15-16,23H,5,13-14H2,1-4H3/t23-/m1/s1. The molecule has 196 valence electrons. The van der Waals surface area contributed by atoms with Crippen LogP contribution >= 0.6 is 11.3 Å². The molecule has 1 amide bonds. The van der Waals surface area contributed by atoms with Crippen LogP contribution in [-0.2, 0) is 4.74 Å². The Labute approximate surface area is 223 Å². The van der Waals surface area contributed by atoms with Crippen LogP contribution in [0.4, 0.5) is 5.13 Å². The number of esters is 1. The van der Waals surface area contributed by atoms with E-state index < -0.39 is 17.9 Å². The number of carbonyl (C=O) groups is 2. The zero-order valence-electron chi connectivity index (χ0n) is 21.6. The Kier molecular flexibility index (Phi) is 7.03. The Balaban J connectivity index is 1.66. The number of ether oxygens (including phenoxy) is 2. The van der Waals surface area contributed by atoms with Crippen molar-refractivity contribution in [2.24, 2.45) is 5.92 Å². The van der Waals surface area contributed by atoms with Crippen LogP contribution < -0.4 is 15.1 Å². The average molecular weight is 533 g/mol. The molecule has 0 unspecified atom stereocenters. The van der Waals surface area contributed by atoms with Gasteiger partial charge in [-0.05, 0) is 56.0 Å². The summed E-state index contributed by atoms with van der Waals surface area (Å²) in [6, 6.07) is 13.4. The average Bonchev–Trinajstić information content (AvgIpc) is 3.41. The van der Waals surface area contributed by atoms with Gasteiger partial charge >= 0.3 is 5.97 Å². The Bertz CT molecular complexity index is 1590. The van der Waals surface area contributed by atoms with E-state index in [0.29, 0.717) is 45.4 Å². The molecule has 0 spiro atoms. The van der Waals surface area contributed by atoms with Gasteiger partial charge in [0, 0.05) is 0 Å². The molecule has 38 heavy (non-hydrogen) atoms. The zero-order chi connectivity index (χ0) is 27.0.